The molecule has 3 heteroatoms. The Labute approximate surface area is 133 Å². The number of aryl methyl sites for hydroxylation is 1. The van der Waals surface area contributed by atoms with Crippen molar-refractivity contribution in [3.63, 3.8) is 0 Å². The smallest absolute Gasteiger partial charge is 0.0865 e. The van der Waals surface area contributed by atoms with Crippen LogP contribution in [0, 0.1) is 0 Å². The Morgan fingerprint density at radius 2 is 1.81 bits per heavy atom. The zero-order valence-electron chi connectivity index (χ0n) is 12.3. The van der Waals surface area contributed by atoms with Gasteiger partial charge in [-0.3, -0.25) is 0 Å². The highest BCUT2D eigenvalue weighted by Crippen LogP contribution is 2.42. The van der Waals surface area contributed by atoms with Gasteiger partial charge in [0.25, 0.3) is 0 Å². The van der Waals surface area contributed by atoms with Gasteiger partial charge in [0, 0.05) is 0 Å². The Morgan fingerprint density at radius 3 is 2.67 bits per heavy atom. The lowest BCUT2D eigenvalue weighted by Gasteiger charge is -2.07. The summed E-state index contributed by atoms with van der Waals surface area (Å²) in [5.74, 6) is 2.43. The highest BCUT2D eigenvalue weighted by Gasteiger charge is 2.27. The third-order valence-electron chi connectivity index (χ3n) is 3.74. The van der Waals surface area contributed by atoms with Gasteiger partial charge >= 0.3 is 0 Å². The first kappa shape index (κ1) is 14.9. The number of rotatable bonds is 6. The number of hydrogen-bond donors (Lipinski definition) is 0. The lowest BCUT2D eigenvalue weighted by atomic mass is 10.0. The van der Waals surface area contributed by atoms with E-state index in [0.29, 0.717) is 0 Å². The van der Waals surface area contributed by atoms with Gasteiger partial charge in [0.05, 0.1) is 20.6 Å². The Bertz CT molecular complexity index is 664. The molecule has 0 N–H and O–H groups in total. The maximum absolute atomic E-state index is 12.7. The van der Waals surface area contributed by atoms with Crippen molar-refractivity contribution in [3.05, 3.63) is 48.0 Å². The van der Waals surface area contributed by atoms with E-state index in [9.17, 15) is 4.21 Å². The van der Waals surface area contributed by atoms with Crippen LogP contribution in [-0.4, -0.2) is 15.7 Å². The first-order valence-electron chi connectivity index (χ1n) is 7.53. The fourth-order valence-corrected chi connectivity index (χ4v) is 5.21. The Balaban J connectivity index is 1.82. The minimum atomic E-state index is -1.000. The summed E-state index contributed by atoms with van der Waals surface area (Å²) in [5, 5.41) is 0. The molecule has 21 heavy (non-hydrogen) atoms. The van der Waals surface area contributed by atoms with Gasteiger partial charge in [-0.05, 0) is 53.5 Å². The van der Waals surface area contributed by atoms with E-state index in [4.69, 9.17) is 0 Å². The van der Waals surface area contributed by atoms with Crippen LogP contribution in [-0.2, 0) is 17.2 Å². The van der Waals surface area contributed by atoms with Gasteiger partial charge in [-0.1, -0.05) is 43.3 Å². The molecule has 0 amide bonds. The Kier molecular flexibility index (Phi) is 4.81. The molecule has 1 unspecified atom stereocenters. The second-order valence-corrected chi connectivity index (χ2v) is 7.88. The molecular weight excluding hydrogens is 296 g/mol. The van der Waals surface area contributed by atoms with Crippen molar-refractivity contribution in [1.82, 2.24) is 0 Å². The van der Waals surface area contributed by atoms with E-state index < -0.39 is 10.8 Å². The van der Waals surface area contributed by atoms with E-state index in [1.54, 1.807) is 0 Å². The van der Waals surface area contributed by atoms with Crippen molar-refractivity contribution < 1.29 is 4.21 Å². The molecule has 0 spiro atoms. The summed E-state index contributed by atoms with van der Waals surface area (Å²) in [6, 6.07) is 14.4. The monoisotopic (exact) mass is 316 g/mol. The molecule has 0 saturated heterocycles. The van der Waals surface area contributed by atoms with Crippen LogP contribution in [0.5, 0.6) is 0 Å². The van der Waals surface area contributed by atoms with Crippen LogP contribution in [0.1, 0.15) is 25.3 Å². The summed E-state index contributed by atoms with van der Waals surface area (Å²) in [4.78, 5) is 2.03. The molecule has 2 aromatic rings. The van der Waals surface area contributed by atoms with Crippen molar-refractivity contribution in [2.24, 2.45) is 0 Å². The number of thioether (sulfide) groups is 1. The number of benzene rings is 2. The van der Waals surface area contributed by atoms with Crippen molar-refractivity contribution in [1.29, 1.82) is 0 Å². The fraction of sp³-hybridized carbons (Fsp3) is 0.333. The molecule has 1 nitrogen and oxygen atoms in total. The molecule has 0 bridgehead atoms. The van der Waals surface area contributed by atoms with Crippen molar-refractivity contribution in [2.75, 3.05) is 11.5 Å². The Hall–Kier alpha value is -1.06. The molecule has 1 aliphatic heterocycles. The molecule has 2 aromatic carbocycles. The van der Waals surface area contributed by atoms with E-state index in [-0.39, 0.29) is 0 Å². The molecule has 0 saturated carbocycles. The summed E-state index contributed by atoms with van der Waals surface area (Å²) in [5.41, 5.74) is 3.58. The van der Waals surface area contributed by atoms with E-state index in [0.717, 1.165) is 28.2 Å². The molecular formula is C18H20OS2. The standard InChI is InChI=1S/C18H20OS2/c1-2-12-20-13-6-8-14-7-5-10-16-15-9-3-4-11-17(15)21(19)18(14)16/h3-5,7,9-11H,2,6,8,12-13H2,1H3. The number of hydrogen-bond acceptors (Lipinski definition) is 2. The maximum Gasteiger partial charge on any atom is 0.0865 e. The minimum Gasteiger partial charge on any atom is -0.249 e. The maximum atomic E-state index is 12.7. The lowest BCUT2D eigenvalue weighted by Crippen LogP contribution is -1.96. The largest absolute Gasteiger partial charge is 0.249 e. The highest BCUT2D eigenvalue weighted by atomic mass is 32.2. The predicted molar refractivity (Wildman–Crippen MR) is 92.5 cm³/mol. The van der Waals surface area contributed by atoms with Crippen molar-refractivity contribution in [2.45, 2.75) is 36.0 Å². The molecule has 1 aliphatic rings. The van der Waals surface area contributed by atoms with Gasteiger partial charge in [-0.15, -0.1) is 0 Å². The van der Waals surface area contributed by atoms with Gasteiger partial charge in [0.2, 0.25) is 0 Å². The van der Waals surface area contributed by atoms with Crippen molar-refractivity contribution in [3.8, 4) is 11.1 Å². The second kappa shape index (κ2) is 6.80. The predicted octanol–water partition coefficient (Wildman–Crippen LogP) is 4.91. The topological polar surface area (TPSA) is 17.1 Å². The zero-order valence-corrected chi connectivity index (χ0v) is 13.9. The SMILES string of the molecule is CCCSCCCc1cccc2c1S(=O)c1ccccc1-2. The van der Waals surface area contributed by atoms with Crippen LogP contribution in [0.3, 0.4) is 0 Å². The summed E-state index contributed by atoms with van der Waals surface area (Å²) >= 11 is 2.02. The molecule has 3 rings (SSSR count). The van der Waals surface area contributed by atoms with Gasteiger partial charge < -0.3 is 0 Å². The highest BCUT2D eigenvalue weighted by molar-refractivity contribution is 7.99. The Morgan fingerprint density at radius 1 is 1.00 bits per heavy atom. The molecule has 110 valence electrons. The normalized spacial score (nSPS) is 15.8. The molecule has 1 atom stereocenters. The second-order valence-electron chi connectivity index (χ2n) is 5.27. The fourth-order valence-electron chi connectivity index (χ4n) is 2.78. The van der Waals surface area contributed by atoms with Crippen LogP contribution >= 0.6 is 11.8 Å². The summed E-state index contributed by atoms with van der Waals surface area (Å²) in [6.45, 7) is 2.22. The molecule has 0 fully saturated rings. The first-order valence-corrected chi connectivity index (χ1v) is 9.84. The zero-order chi connectivity index (χ0) is 14.7. The van der Waals surface area contributed by atoms with Gasteiger partial charge in [0.1, 0.15) is 0 Å². The van der Waals surface area contributed by atoms with Crippen LogP contribution in [0.25, 0.3) is 11.1 Å². The van der Waals surface area contributed by atoms with Crippen LogP contribution in [0.15, 0.2) is 52.3 Å². The summed E-state index contributed by atoms with van der Waals surface area (Å²) in [7, 11) is -1.000. The lowest BCUT2D eigenvalue weighted by molar-refractivity contribution is 0.684. The third-order valence-corrected chi connectivity index (χ3v) is 6.62. The van der Waals surface area contributed by atoms with Crippen LogP contribution < -0.4 is 0 Å². The minimum absolute atomic E-state index is 0.973. The van der Waals surface area contributed by atoms with E-state index in [1.807, 2.05) is 30.0 Å². The average molecular weight is 316 g/mol. The number of fused-ring (bicyclic) bond motifs is 3. The van der Waals surface area contributed by atoms with Gasteiger partial charge in [0.15, 0.2) is 0 Å². The van der Waals surface area contributed by atoms with E-state index in [1.165, 1.54) is 29.1 Å². The van der Waals surface area contributed by atoms with Gasteiger partial charge in [-0.25, -0.2) is 4.21 Å². The summed E-state index contributed by atoms with van der Waals surface area (Å²) in [6.07, 6.45) is 3.43. The average Bonchev–Trinajstić information content (AvgIpc) is 2.82. The molecule has 0 radical (unpaired) electrons. The van der Waals surface area contributed by atoms with Crippen LogP contribution in [0.4, 0.5) is 0 Å². The van der Waals surface area contributed by atoms with E-state index >= 15 is 0 Å². The summed E-state index contributed by atoms with van der Waals surface area (Å²) < 4.78 is 12.7. The molecule has 0 aliphatic carbocycles. The van der Waals surface area contributed by atoms with E-state index in [2.05, 4.69) is 31.2 Å². The van der Waals surface area contributed by atoms with Crippen molar-refractivity contribution >= 4 is 22.6 Å². The third kappa shape index (κ3) is 2.95. The van der Waals surface area contributed by atoms with Crippen LogP contribution in [0.2, 0.25) is 0 Å². The molecule has 1 heterocycles. The first-order chi connectivity index (χ1) is 10.3. The van der Waals surface area contributed by atoms with Gasteiger partial charge in [-0.2, -0.15) is 11.8 Å². The quantitative estimate of drug-likeness (QED) is 0.601. The molecule has 0 aromatic heterocycles.